The summed E-state index contributed by atoms with van der Waals surface area (Å²) in [7, 11) is 0. The first-order valence-electron chi connectivity index (χ1n) is 15.7. The fourth-order valence-electron chi connectivity index (χ4n) is 7.03. The molecular weight excluding hydrogens is 691 g/mol. The Bertz CT molecular complexity index is 1970. The molecule has 0 aliphatic carbocycles. The molecule has 0 nitrogen and oxygen atoms in total. The molecule has 0 saturated carbocycles. The molecule has 6 aromatic carbocycles. The summed E-state index contributed by atoms with van der Waals surface area (Å²) in [4.78, 5) is 0. The van der Waals surface area contributed by atoms with Crippen molar-refractivity contribution >= 4 is 42.0 Å². The zero-order chi connectivity index (χ0) is 34.2. The van der Waals surface area contributed by atoms with Crippen molar-refractivity contribution in [2.24, 2.45) is 0 Å². The van der Waals surface area contributed by atoms with Crippen molar-refractivity contribution < 1.29 is 26.3 Å². The van der Waals surface area contributed by atoms with Crippen LogP contribution in [0.4, 0.5) is 26.3 Å². The molecule has 1 aliphatic rings. The van der Waals surface area contributed by atoms with Gasteiger partial charge in [-0.05, 0) is 0 Å². The van der Waals surface area contributed by atoms with Crippen LogP contribution in [0.25, 0.3) is 20.0 Å². The molecule has 1 aliphatic heterocycles. The van der Waals surface area contributed by atoms with Crippen LogP contribution in [0.1, 0.15) is 33.4 Å². The number of allylic oxidation sites excluding steroid dienone is 2. The first-order valence-corrected chi connectivity index (χ1v) is 19.9. The Labute approximate surface area is 283 Å². The molecule has 0 saturated heterocycles. The van der Waals surface area contributed by atoms with Gasteiger partial charge in [-0.25, -0.2) is 0 Å². The molecule has 0 aromatic heterocycles. The molecule has 0 fully saturated rings. The summed E-state index contributed by atoms with van der Waals surface area (Å²) in [5.74, 6) is 0. The number of benzene rings is 6. The minimum absolute atomic E-state index is 0.671. The molecule has 7 rings (SSSR count). The van der Waals surface area contributed by atoms with Crippen molar-refractivity contribution in [2.75, 3.05) is 0 Å². The van der Waals surface area contributed by atoms with E-state index in [1.54, 1.807) is 24.3 Å². The van der Waals surface area contributed by atoms with Gasteiger partial charge < -0.3 is 0 Å². The fraction of sp³-hybridized carbons (Fsp3) is 0.0476. The van der Waals surface area contributed by atoms with Crippen molar-refractivity contribution in [1.29, 1.82) is 0 Å². The van der Waals surface area contributed by atoms with E-state index in [4.69, 9.17) is 0 Å². The van der Waals surface area contributed by atoms with E-state index in [0.29, 0.717) is 8.79 Å². The van der Waals surface area contributed by atoms with Crippen molar-refractivity contribution in [2.45, 2.75) is 12.4 Å². The van der Waals surface area contributed by atoms with E-state index in [0.717, 1.165) is 66.5 Å². The predicted molar refractivity (Wildman–Crippen MR) is 187 cm³/mol. The van der Waals surface area contributed by atoms with Gasteiger partial charge in [0.05, 0.1) is 0 Å². The van der Waals surface area contributed by atoms with Crippen LogP contribution >= 0.6 is 0 Å². The van der Waals surface area contributed by atoms with Gasteiger partial charge >= 0.3 is 284 Å². The summed E-state index contributed by atoms with van der Waals surface area (Å²) in [5.41, 5.74) is 3.77. The molecule has 6 aromatic rings. The summed E-state index contributed by atoms with van der Waals surface area (Å²) < 4.78 is 87.3. The number of hydrogen-bond donors (Lipinski definition) is 0. The van der Waals surface area contributed by atoms with E-state index in [1.165, 1.54) is 0 Å². The fourth-order valence-corrected chi connectivity index (χ4v) is 18.7. The van der Waals surface area contributed by atoms with Crippen LogP contribution in [0.2, 0.25) is 0 Å². The second-order valence-electron chi connectivity index (χ2n) is 11.9. The van der Waals surface area contributed by atoms with Crippen LogP contribution in [0, 0.1) is 0 Å². The third-order valence-electron chi connectivity index (χ3n) is 9.04. The summed E-state index contributed by atoms with van der Waals surface area (Å²) in [6.07, 6.45) is -9.13. The van der Waals surface area contributed by atoms with Crippen molar-refractivity contribution in [3.05, 3.63) is 203 Å². The Hall–Kier alpha value is -5.08. The average Bonchev–Trinajstić information content (AvgIpc) is 3.45. The van der Waals surface area contributed by atoms with Gasteiger partial charge in [0.1, 0.15) is 0 Å². The van der Waals surface area contributed by atoms with E-state index in [1.807, 2.05) is 121 Å². The predicted octanol–water partition coefficient (Wildman–Crippen LogP) is 10.6. The SMILES string of the molecule is FC(F)(F)c1cc[c]([Ge]2([c]3ccc(C(F)(F)F)cc3)[C](c3ccccc3)=C(c3ccccc3)C(c3ccccc3)=[C]2c2ccccc2)cc1. The Balaban J connectivity index is 1.74. The molecule has 7 heteroatoms. The van der Waals surface area contributed by atoms with Crippen LogP contribution in [0.15, 0.2) is 170 Å². The van der Waals surface area contributed by atoms with Crippen LogP contribution < -0.4 is 8.79 Å². The molecule has 0 radical (unpaired) electrons. The number of hydrogen-bond acceptors (Lipinski definition) is 0. The topological polar surface area (TPSA) is 0 Å². The van der Waals surface area contributed by atoms with Gasteiger partial charge in [-0.1, -0.05) is 0 Å². The zero-order valence-corrected chi connectivity index (χ0v) is 28.0. The van der Waals surface area contributed by atoms with Gasteiger partial charge in [0, 0.05) is 0 Å². The molecule has 0 atom stereocenters. The molecule has 1 heterocycles. The molecule has 0 bridgehead atoms. The van der Waals surface area contributed by atoms with E-state index in [2.05, 4.69) is 0 Å². The molecule has 49 heavy (non-hydrogen) atoms. The first-order chi connectivity index (χ1) is 23.6. The second kappa shape index (κ2) is 12.7. The second-order valence-corrected chi connectivity index (χ2v) is 19.5. The third kappa shape index (κ3) is 5.84. The van der Waals surface area contributed by atoms with Gasteiger partial charge in [0.2, 0.25) is 0 Å². The molecule has 0 spiro atoms. The van der Waals surface area contributed by atoms with Gasteiger partial charge in [0.25, 0.3) is 0 Å². The van der Waals surface area contributed by atoms with Gasteiger partial charge in [-0.3, -0.25) is 0 Å². The van der Waals surface area contributed by atoms with Crippen LogP contribution in [0.5, 0.6) is 0 Å². The first kappa shape index (κ1) is 32.5. The Morgan fingerprint density at radius 3 is 0.837 bits per heavy atom. The zero-order valence-electron chi connectivity index (χ0n) is 25.9. The van der Waals surface area contributed by atoms with Crippen LogP contribution in [-0.4, -0.2) is 13.3 Å². The van der Waals surface area contributed by atoms with E-state index >= 15 is 0 Å². The summed E-state index contributed by atoms with van der Waals surface area (Å²) in [6.45, 7) is 0. The van der Waals surface area contributed by atoms with E-state index in [-0.39, 0.29) is 0 Å². The molecule has 0 unspecified atom stereocenters. The van der Waals surface area contributed by atoms with Crippen LogP contribution in [-0.2, 0) is 12.4 Å². The third-order valence-corrected chi connectivity index (χ3v) is 19.5. The van der Waals surface area contributed by atoms with Crippen molar-refractivity contribution in [3.8, 4) is 0 Å². The summed E-state index contributed by atoms with van der Waals surface area (Å²) in [6, 6.07) is 49.7. The maximum atomic E-state index is 14.0. The van der Waals surface area contributed by atoms with E-state index < -0.39 is 36.7 Å². The Morgan fingerprint density at radius 1 is 0.306 bits per heavy atom. The molecule has 0 N–H and O–H groups in total. The minimum atomic E-state index is -4.59. The Kier molecular flexibility index (Phi) is 8.45. The number of halogens is 6. The van der Waals surface area contributed by atoms with Crippen molar-refractivity contribution in [3.63, 3.8) is 0 Å². The van der Waals surface area contributed by atoms with E-state index in [9.17, 15) is 26.3 Å². The van der Waals surface area contributed by atoms with Crippen LogP contribution in [0.3, 0.4) is 0 Å². The van der Waals surface area contributed by atoms with Crippen molar-refractivity contribution in [1.82, 2.24) is 0 Å². The monoisotopic (exact) mass is 720 g/mol. The standard InChI is InChI=1S/C42H28F6Ge/c43-41(44,45)33-21-25-35(26-22-33)49(36-27-23-34(24-28-36)42(46,47)48)39(31-17-9-3-10-18-31)37(29-13-5-1-6-14-29)38(30-15-7-2-8-16-30)40(49)32-19-11-4-12-20-32/h1-28H. The summed E-state index contributed by atoms with van der Waals surface area (Å²) >= 11 is -4.59. The summed E-state index contributed by atoms with van der Waals surface area (Å²) in [5, 5.41) is 0. The number of rotatable bonds is 6. The molecule has 242 valence electrons. The normalized spacial score (nSPS) is 14.7. The van der Waals surface area contributed by atoms with Gasteiger partial charge in [0.15, 0.2) is 0 Å². The number of alkyl halides is 6. The van der Waals surface area contributed by atoms with Gasteiger partial charge in [-0.2, -0.15) is 0 Å². The Morgan fingerprint density at radius 2 is 0.571 bits per heavy atom. The maximum absolute atomic E-state index is 14.0. The average molecular weight is 719 g/mol. The van der Waals surface area contributed by atoms with Gasteiger partial charge in [-0.15, -0.1) is 0 Å². The quantitative estimate of drug-likeness (QED) is 0.119. The molecule has 0 amide bonds. The molecular formula is C42H28F6Ge.